The van der Waals surface area contributed by atoms with Gasteiger partial charge in [0.05, 0.1) is 4.90 Å². The van der Waals surface area contributed by atoms with Crippen LogP contribution in [-0.2, 0) is 19.6 Å². The summed E-state index contributed by atoms with van der Waals surface area (Å²) in [4.78, 5) is 15.7. The summed E-state index contributed by atoms with van der Waals surface area (Å²) in [7, 11) is -4.40. The predicted molar refractivity (Wildman–Crippen MR) is 78.8 cm³/mol. The quantitative estimate of drug-likeness (QED) is 0.676. The van der Waals surface area contributed by atoms with Crippen LogP contribution in [0.15, 0.2) is 17.0 Å². The summed E-state index contributed by atoms with van der Waals surface area (Å²) < 4.78 is 29.0. The van der Waals surface area contributed by atoms with Gasteiger partial charge in [-0.25, -0.2) is 13.2 Å². The van der Waals surface area contributed by atoms with Crippen LogP contribution in [-0.4, -0.2) is 30.0 Å². The summed E-state index contributed by atoms with van der Waals surface area (Å²) in [6.45, 7) is 9.75. The molecule has 0 unspecified atom stereocenters. The minimum Gasteiger partial charge on any atom is -0.427 e. The summed E-state index contributed by atoms with van der Waals surface area (Å²) in [5, 5.41) is 9.64. The molecule has 7 nitrogen and oxygen atoms in total. The van der Waals surface area contributed by atoms with Crippen molar-refractivity contribution in [1.82, 2.24) is 4.63 Å². The van der Waals surface area contributed by atoms with Crippen molar-refractivity contribution in [2.45, 2.75) is 52.0 Å². The van der Waals surface area contributed by atoms with E-state index in [1.54, 1.807) is 46.8 Å². The first-order chi connectivity index (χ1) is 9.84. The standard InChI is InChI=1S/C14H21NO6S/c1-9-7-10(2)12(11(3)8-9)22(18,19)15(17)21-13(16)20-14(4,5)6/h7-8,17H,1-6H3. The highest BCUT2D eigenvalue weighted by atomic mass is 32.2. The van der Waals surface area contributed by atoms with Crippen LogP contribution in [0.4, 0.5) is 4.79 Å². The molecule has 1 aromatic carbocycles. The molecule has 0 radical (unpaired) electrons. The van der Waals surface area contributed by atoms with E-state index in [9.17, 15) is 18.4 Å². The lowest BCUT2D eigenvalue weighted by molar-refractivity contribution is -0.242. The Morgan fingerprint density at radius 3 is 2.00 bits per heavy atom. The van der Waals surface area contributed by atoms with E-state index in [4.69, 9.17) is 4.74 Å². The summed E-state index contributed by atoms with van der Waals surface area (Å²) in [6, 6.07) is 3.31. The van der Waals surface area contributed by atoms with Gasteiger partial charge in [0.1, 0.15) is 10.2 Å². The number of ether oxygens (including phenoxy) is 1. The molecular weight excluding hydrogens is 310 g/mol. The van der Waals surface area contributed by atoms with Gasteiger partial charge in [0.2, 0.25) is 0 Å². The van der Waals surface area contributed by atoms with E-state index in [-0.39, 0.29) is 4.90 Å². The van der Waals surface area contributed by atoms with E-state index in [1.807, 2.05) is 6.92 Å². The summed E-state index contributed by atoms with van der Waals surface area (Å²) in [5.41, 5.74) is 0.873. The largest absolute Gasteiger partial charge is 0.531 e. The number of rotatable bonds is 3. The average molecular weight is 331 g/mol. The Morgan fingerprint density at radius 2 is 1.59 bits per heavy atom. The Hall–Kier alpha value is -1.64. The zero-order valence-corrected chi connectivity index (χ0v) is 14.3. The molecular formula is C14H21NO6S. The second kappa shape index (κ2) is 6.23. The zero-order chi connectivity index (χ0) is 17.3. The lowest BCUT2D eigenvalue weighted by Crippen LogP contribution is -2.34. The van der Waals surface area contributed by atoms with Crippen LogP contribution < -0.4 is 0 Å². The summed E-state index contributed by atoms with van der Waals surface area (Å²) in [5.74, 6) is 0. The molecule has 22 heavy (non-hydrogen) atoms. The second-order valence-corrected chi connectivity index (χ2v) is 7.67. The molecule has 0 bridgehead atoms. The number of aryl methyl sites for hydroxylation is 3. The fourth-order valence-electron chi connectivity index (χ4n) is 2.03. The molecule has 0 heterocycles. The lowest BCUT2D eigenvalue weighted by atomic mass is 10.1. The summed E-state index contributed by atoms with van der Waals surface area (Å²) >= 11 is 0. The lowest BCUT2D eigenvalue weighted by Gasteiger charge is -2.21. The smallest absolute Gasteiger partial charge is 0.427 e. The maximum Gasteiger partial charge on any atom is 0.531 e. The number of carbonyl (C=O) groups excluding carboxylic acids is 1. The van der Waals surface area contributed by atoms with Gasteiger partial charge in [-0.2, -0.15) is 0 Å². The number of nitrogens with zero attached hydrogens (tertiary/aromatic N) is 1. The molecule has 0 saturated carbocycles. The molecule has 0 aromatic heterocycles. The molecule has 0 fully saturated rings. The predicted octanol–water partition coefficient (Wildman–Crippen LogP) is 2.86. The molecule has 124 valence electrons. The molecule has 0 atom stereocenters. The van der Waals surface area contributed by atoms with Crippen molar-refractivity contribution < 1.29 is 28.0 Å². The van der Waals surface area contributed by atoms with E-state index in [1.165, 1.54) is 0 Å². The number of benzene rings is 1. The molecule has 0 saturated heterocycles. The van der Waals surface area contributed by atoms with E-state index < -0.39 is 26.4 Å². The number of sulfonamides is 1. The zero-order valence-electron chi connectivity index (χ0n) is 13.5. The minimum atomic E-state index is -4.40. The van der Waals surface area contributed by atoms with Crippen molar-refractivity contribution in [3.8, 4) is 0 Å². The van der Waals surface area contributed by atoms with E-state index in [2.05, 4.69) is 4.84 Å². The Morgan fingerprint density at radius 1 is 1.14 bits per heavy atom. The maximum absolute atomic E-state index is 12.3. The van der Waals surface area contributed by atoms with Crippen molar-refractivity contribution in [1.29, 1.82) is 0 Å². The molecule has 0 amide bonds. The van der Waals surface area contributed by atoms with Gasteiger partial charge in [-0.1, -0.05) is 17.7 Å². The van der Waals surface area contributed by atoms with Crippen LogP contribution in [0.25, 0.3) is 0 Å². The maximum atomic E-state index is 12.3. The first kappa shape index (κ1) is 18.4. The Bertz CT molecular complexity index is 652. The van der Waals surface area contributed by atoms with Crippen LogP contribution in [0.2, 0.25) is 0 Å². The molecule has 0 aliphatic heterocycles. The van der Waals surface area contributed by atoms with Crippen LogP contribution >= 0.6 is 0 Å². The van der Waals surface area contributed by atoms with Crippen molar-refractivity contribution in [3.63, 3.8) is 0 Å². The molecule has 0 spiro atoms. The molecule has 1 rings (SSSR count). The second-order valence-electron chi connectivity index (χ2n) is 6.00. The molecule has 8 heteroatoms. The van der Waals surface area contributed by atoms with Gasteiger partial charge < -0.3 is 4.74 Å². The van der Waals surface area contributed by atoms with Gasteiger partial charge in [-0.05, 0) is 52.7 Å². The van der Waals surface area contributed by atoms with Gasteiger partial charge in [-0.15, -0.1) is 0 Å². The number of hydrogen-bond acceptors (Lipinski definition) is 6. The Balaban J connectivity index is 3.07. The third kappa shape index (κ3) is 4.43. The van der Waals surface area contributed by atoms with E-state index in [0.29, 0.717) is 11.1 Å². The molecule has 1 aromatic rings. The highest BCUT2D eigenvalue weighted by Crippen LogP contribution is 2.25. The fraction of sp³-hybridized carbons (Fsp3) is 0.500. The van der Waals surface area contributed by atoms with Gasteiger partial charge in [0, 0.05) is 0 Å². The van der Waals surface area contributed by atoms with Crippen LogP contribution in [0.5, 0.6) is 0 Å². The third-order valence-corrected chi connectivity index (χ3v) is 4.26. The topological polar surface area (TPSA) is 93.1 Å². The first-order valence-corrected chi connectivity index (χ1v) is 8.01. The van der Waals surface area contributed by atoms with Gasteiger partial charge in [0.25, 0.3) is 10.0 Å². The average Bonchev–Trinajstić information content (AvgIpc) is 2.23. The minimum absolute atomic E-state index is 0.121. The van der Waals surface area contributed by atoms with E-state index in [0.717, 1.165) is 5.56 Å². The SMILES string of the molecule is Cc1cc(C)c(S(=O)(=O)N(O)OC(=O)OC(C)(C)C)c(C)c1. The normalized spacial score (nSPS) is 12.4. The van der Waals surface area contributed by atoms with Crippen molar-refractivity contribution in [2.75, 3.05) is 0 Å². The highest BCUT2D eigenvalue weighted by Gasteiger charge is 2.32. The fourth-order valence-corrected chi connectivity index (χ4v) is 3.28. The monoisotopic (exact) mass is 331 g/mol. The molecule has 0 aliphatic carbocycles. The van der Waals surface area contributed by atoms with Crippen LogP contribution in [0.1, 0.15) is 37.5 Å². The van der Waals surface area contributed by atoms with Crippen LogP contribution in [0, 0.1) is 20.8 Å². The highest BCUT2D eigenvalue weighted by molar-refractivity contribution is 7.89. The summed E-state index contributed by atoms with van der Waals surface area (Å²) in [6.07, 6.45) is -1.32. The molecule has 1 N–H and O–H groups in total. The third-order valence-electron chi connectivity index (χ3n) is 2.61. The van der Waals surface area contributed by atoms with Gasteiger partial charge in [-0.3, -0.25) is 10.0 Å². The van der Waals surface area contributed by atoms with Crippen molar-refractivity contribution in [2.24, 2.45) is 0 Å². The van der Waals surface area contributed by atoms with Gasteiger partial charge >= 0.3 is 6.16 Å². The molecule has 0 aliphatic rings. The first-order valence-electron chi connectivity index (χ1n) is 6.57. The van der Waals surface area contributed by atoms with Crippen molar-refractivity contribution in [3.05, 3.63) is 28.8 Å². The Labute approximate surface area is 130 Å². The number of carbonyl (C=O) groups is 1. The van der Waals surface area contributed by atoms with Gasteiger partial charge in [0.15, 0.2) is 0 Å². The van der Waals surface area contributed by atoms with Crippen LogP contribution in [0.3, 0.4) is 0 Å². The van der Waals surface area contributed by atoms with Crippen molar-refractivity contribution >= 4 is 16.2 Å². The van der Waals surface area contributed by atoms with E-state index >= 15 is 0 Å². The Kier molecular flexibility index (Phi) is 5.21. The number of hydrogen-bond donors (Lipinski definition) is 1.